The number of nitrogens with zero attached hydrogens (tertiary/aromatic N) is 1. The molecule has 0 aromatic heterocycles. The standard InChI is InChI=1S/C30H39N3O4S/c1-22(2)33(21-25-15-9-5-10-16-25)38(36,37)23(3)30(35)32-28(19-24-13-7-4-8-14-24)29(34)20-27(31)26-17-11-6-12-18-26/h4-18,22-23,27-29,34H,19-21,31H2,1-3H3,(H,32,35). The van der Waals surface area contributed by atoms with Gasteiger partial charge in [0.05, 0.1) is 12.1 Å². The number of hydrogen-bond acceptors (Lipinski definition) is 5. The molecule has 7 nitrogen and oxygen atoms in total. The molecule has 0 aliphatic carbocycles. The van der Waals surface area contributed by atoms with E-state index < -0.39 is 39.4 Å². The molecule has 3 rings (SSSR count). The van der Waals surface area contributed by atoms with Gasteiger partial charge in [0.1, 0.15) is 0 Å². The second kappa shape index (κ2) is 13.7. The lowest BCUT2D eigenvalue weighted by atomic mass is 9.94. The van der Waals surface area contributed by atoms with Gasteiger partial charge in [0.2, 0.25) is 15.9 Å². The van der Waals surface area contributed by atoms with E-state index in [0.717, 1.165) is 16.7 Å². The minimum Gasteiger partial charge on any atom is -0.391 e. The monoisotopic (exact) mass is 537 g/mol. The van der Waals surface area contributed by atoms with Gasteiger partial charge in [-0.15, -0.1) is 0 Å². The van der Waals surface area contributed by atoms with Gasteiger partial charge in [0.25, 0.3) is 0 Å². The molecule has 204 valence electrons. The highest BCUT2D eigenvalue weighted by Gasteiger charge is 2.37. The first-order valence-electron chi connectivity index (χ1n) is 13.0. The molecule has 0 heterocycles. The molecule has 0 spiro atoms. The lowest BCUT2D eigenvalue weighted by Gasteiger charge is -2.31. The highest BCUT2D eigenvalue weighted by Crippen LogP contribution is 2.21. The van der Waals surface area contributed by atoms with E-state index in [1.165, 1.54) is 11.2 Å². The number of nitrogens with one attached hydrogen (secondary N) is 1. The summed E-state index contributed by atoms with van der Waals surface area (Å²) in [5.74, 6) is -0.656. The van der Waals surface area contributed by atoms with Crippen LogP contribution in [0.5, 0.6) is 0 Å². The zero-order valence-corrected chi connectivity index (χ0v) is 23.1. The average molecular weight is 538 g/mol. The summed E-state index contributed by atoms with van der Waals surface area (Å²) in [5, 5.41) is 12.7. The van der Waals surface area contributed by atoms with Crippen LogP contribution in [0.15, 0.2) is 91.0 Å². The van der Waals surface area contributed by atoms with Crippen molar-refractivity contribution in [3.05, 3.63) is 108 Å². The van der Waals surface area contributed by atoms with E-state index in [1.807, 2.05) is 91.0 Å². The number of amides is 1. The molecule has 0 radical (unpaired) electrons. The Balaban J connectivity index is 1.79. The lowest BCUT2D eigenvalue weighted by molar-refractivity contribution is -0.122. The number of rotatable bonds is 13. The van der Waals surface area contributed by atoms with Crippen molar-refractivity contribution in [2.75, 3.05) is 0 Å². The molecule has 0 bridgehead atoms. The third-order valence-corrected chi connectivity index (χ3v) is 9.03. The van der Waals surface area contributed by atoms with Crippen molar-refractivity contribution in [1.29, 1.82) is 0 Å². The summed E-state index contributed by atoms with van der Waals surface area (Å²) < 4.78 is 28.5. The molecule has 1 amide bonds. The van der Waals surface area contributed by atoms with E-state index >= 15 is 0 Å². The fourth-order valence-corrected chi connectivity index (χ4v) is 6.04. The van der Waals surface area contributed by atoms with Crippen LogP contribution < -0.4 is 11.1 Å². The summed E-state index contributed by atoms with van der Waals surface area (Å²) in [6.07, 6.45) is -0.454. The predicted molar refractivity (Wildman–Crippen MR) is 152 cm³/mol. The van der Waals surface area contributed by atoms with Gasteiger partial charge in [-0.1, -0.05) is 91.0 Å². The van der Waals surface area contributed by atoms with Crippen molar-refractivity contribution in [3.63, 3.8) is 0 Å². The topological polar surface area (TPSA) is 113 Å². The van der Waals surface area contributed by atoms with E-state index in [1.54, 1.807) is 13.8 Å². The van der Waals surface area contributed by atoms with E-state index in [-0.39, 0.29) is 19.0 Å². The van der Waals surface area contributed by atoms with Gasteiger partial charge >= 0.3 is 0 Å². The number of sulfonamides is 1. The molecule has 3 aromatic rings. The SMILES string of the molecule is CC(C)N(Cc1ccccc1)S(=O)(=O)C(C)C(=O)NC(Cc1ccccc1)C(O)CC(N)c1ccccc1. The molecule has 8 heteroatoms. The highest BCUT2D eigenvalue weighted by molar-refractivity contribution is 7.90. The van der Waals surface area contributed by atoms with E-state index in [4.69, 9.17) is 5.73 Å². The number of benzene rings is 3. The molecule has 4 N–H and O–H groups in total. The Hall–Kier alpha value is -3.04. The van der Waals surface area contributed by atoms with Gasteiger partial charge in [0.15, 0.2) is 5.25 Å². The van der Waals surface area contributed by atoms with Crippen LogP contribution >= 0.6 is 0 Å². The molecule has 0 aliphatic rings. The first kappa shape index (κ1) is 29.5. The van der Waals surface area contributed by atoms with E-state index in [2.05, 4.69) is 5.32 Å². The third-order valence-electron chi connectivity index (χ3n) is 6.71. The van der Waals surface area contributed by atoms with Crippen molar-refractivity contribution in [3.8, 4) is 0 Å². The molecule has 0 fully saturated rings. The first-order chi connectivity index (χ1) is 18.1. The third kappa shape index (κ3) is 7.98. The van der Waals surface area contributed by atoms with Crippen LogP contribution in [0.4, 0.5) is 0 Å². The Kier molecular flexibility index (Phi) is 10.6. The molecule has 3 aromatic carbocycles. The van der Waals surface area contributed by atoms with Gasteiger partial charge < -0.3 is 16.2 Å². The average Bonchev–Trinajstić information content (AvgIpc) is 2.92. The molecule has 4 atom stereocenters. The molecule has 0 aliphatic heterocycles. The van der Waals surface area contributed by atoms with Crippen LogP contribution in [0.1, 0.15) is 49.9 Å². The largest absolute Gasteiger partial charge is 0.391 e. The van der Waals surface area contributed by atoms with Gasteiger partial charge in [-0.2, -0.15) is 4.31 Å². The summed E-state index contributed by atoms with van der Waals surface area (Å²) >= 11 is 0. The molecule has 0 saturated carbocycles. The number of nitrogens with two attached hydrogens (primary N) is 1. The maximum Gasteiger partial charge on any atom is 0.239 e. The minimum atomic E-state index is -3.99. The summed E-state index contributed by atoms with van der Waals surface area (Å²) in [6, 6.07) is 26.7. The van der Waals surface area contributed by atoms with Gasteiger partial charge in [-0.05, 0) is 50.3 Å². The van der Waals surface area contributed by atoms with Gasteiger partial charge in [0, 0.05) is 18.6 Å². The Morgan fingerprint density at radius 2 is 1.37 bits per heavy atom. The normalized spacial score (nSPS) is 15.1. The number of carbonyl (C=O) groups is 1. The molecular formula is C30H39N3O4S. The van der Waals surface area contributed by atoms with E-state index in [9.17, 15) is 18.3 Å². The maximum atomic E-state index is 13.6. The van der Waals surface area contributed by atoms with Crippen LogP contribution in [0.3, 0.4) is 0 Å². The quantitative estimate of drug-likeness (QED) is 0.307. The number of hydrogen-bond donors (Lipinski definition) is 3. The maximum absolute atomic E-state index is 13.6. The van der Waals surface area contributed by atoms with Crippen LogP contribution in [-0.2, 0) is 27.8 Å². The van der Waals surface area contributed by atoms with Crippen LogP contribution in [-0.4, -0.2) is 47.2 Å². The minimum absolute atomic E-state index is 0.167. The zero-order chi connectivity index (χ0) is 27.7. The second-order valence-electron chi connectivity index (χ2n) is 9.94. The summed E-state index contributed by atoms with van der Waals surface area (Å²) in [5.41, 5.74) is 8.98. The fraction of sp³-hybridized carbons (Fsp3) is 0.367. The molecule has 0 saturated heterocycles. The lowest BCUT2D eigenvalue weighted by Crippen LogP contribution is -2.53. The smallest absolute Gasteiger partial charge is 0.239 e. The Morgan fingerprint density at radius 3 is 1.89 bits per heavy atom. The van der Waals surface area contributed by atoms with Gasteiger partial charge in [-0.3, -0.25) is 4.79 Å². The van der Waals surface area contributed by atoms with Crippen molar-refractivity contribution >= 4 is 15.9 Å². The predicted octanol–water partition coefficient (Wildman–Crippen LogP) is 3.79. The van der Waals surface area contributed by atoms with Crippen molar-refractivity contribution in [2.24, 2.45) is 5.73 Å². The van der Waals surface area contributed by atoms with Crippen LogP contribution in [0, 0.1) is 0 Å². The molecular weight excluding hydrogens is 498 g/mol. The first-order valence-corrected chi connectivity index (χ1v) is 14.5. The second-order valence-corrected chi connectivity index (χ2v) is 12.1. The summed E-state index contributed by atoms with van der Waals surface area (Å²) in [4.78, 5) is 13.4. The highest BCUT2D eigenvalue weighted by atomic mass is 32.2. The number of aliphatic hydroxyl groups is 1. The Morgan fingerprint density at radius 1 is 0.868 bits per heavy atom. The number of carbonyl (C=O) groups excluding carboxylic acids is 1. The summed E-state index contributed by atoms with van der Waals surface area (Å²) in [6.45, 7) is 5.14. The van der Waals surface area contributed by atoms with Gasteiger partial charge in [-0.25, -0.2) is 8.42 Å². The van der Waals surface area contributed by atoms with Crippen LogP contribution in [0.25, 0.3) is 0 Å². The van der Waals surface area contributed by atoms with Crippen molar-refractivity contribution in [2.45, 2.75) is 69.6 Å². The molecule has 4 unspecified atom stereocenters. The zero-order valence-electron chi connectivity index (χ0n) is 22.3. The van der Waals surface area contributed by atoms with Crippen molar-refractivity contribution in [1.82, 2.24) is 9.62 Å². The van der Waals surface area contributed by atoms with E-state index in [0.29, 0.717) is 6.42 Å². The molecule has 38 heavy (non-hydrogen) atoms. The Labute approximate surface area is 226 Å². The van der Waals surface area contributed by atoms with Crippen molar-refractivity contribution < 1.29 is 18.3 Å². The number of aliphatic hydroxyl groups excluding tert-OH is 1. The fourth-order valence-electron chi connectivity index (χ4n) is 4.38. The Bertz CT molecular complexity index is 1240. The summed E-state index contributed by atoms with van der Waals surface area (Å²) in [7, 11) is -3.99. The van der Waals surface area contributed by atoms with Crippen LogP contribution in [0.2, 0.25) is 0 Å².